The molecule has 1 aromatic rings. The van der Waals surface area contributed by atoms with Crippen molar-refractivity contribution < 1.29 is 18.4 Å². The Bertz CT molecular complexity index is 476. The minimum atomic E-state index is -1.27. The van der Waals surface area contributed by atoms with E-state index in [1.54, 1.807) is 0 Å². The van der Waals surface area contributed by atoms with E-state index in [0.29, 0.717) is 18.9 Å². The minimum absolute atomic E-state index is 0.0519. The Balaban J connectivity index is 3.04. The molecule has 0 aliphatic rings. The average molecular weight is 274 g/mol. The summed E-state index contributed by atoms with van der Waals surface area (Å²) in [5.74, 6) is -2.65. The largest absolute Gasteiger partial charge is 0.485 e. The number of halogens is 2. The summed E-state index contributed by atoms with van der Waals surface area (Å²) in [4.78, 5) is 9.81. The molecule has 1 rings (SSSR count). The van der Waals surface area contributed by atoms with E-state index in [1.807, 2.05) is 13.8 Å². The molecule has 0 aliphatic carbocycles. The summed E-state index contributed by atoms with van der Waals surface area (Å²) in [7, 11) is 0. The Hall–Kier alpha value is -1.76. The van der Waals surface area contributed by atoms with Gasteiger partial charge in [-0.05, 0) is 12.8 Å². The molecular formula is C12H16F2N2O3. The first kappa shape index (κ1) is 15.3. The Morgan fingerprint density at radius 1 is 1.37 bits per heavy atom. The Morgan fingerprint density at radius 3 is 2.42 bits per heavy atom. The Kier molecular flexibility index (Phi) is 4.77. The molecule has 0 aliphatic heterocycles. The molecule has 2 N–H and O–H groups in total. The molecule has 0 spiro atoms. The van der Waals surface area contributed by atoms with E-state index < -0.39 is 33.5 Å². The highest BCUT2D eigenvalue weighted by atomic mass is 19.1. The number of nitro groups is 1. The quantitative estimate of drug-likeness (QED) is 0.639. The minimum Gasteiger partial charge on any atom is -0.485 e. The highest BCUT2D eigenvalue weighted by molar-refractivity contribution is 5.47. The fourth-order valence-electron chi connectivity index (χ4n) is 1.51. The molecule has 0 radical (unpaired) electrons. The molecule has 0 bridgehead atoms. The third-order valence-electron chi connectivity index (χ3n) is 3.10. The van der Waals surface area contributed by atoms with Crippen LogP contribution in [0.2, 0.25) is 0 Å². The second-order valence-corrected chi connectivity index (χ2v) is 4.35. The summed E-state index contributed by atoms with van der Waals surface area (Å²) < 4.78 is 31.6. The third-order valence-corrected chi connectivity index (χ3v) is 3.10. The summed E-state index contributed by atoms with van der Waals surface area (Å²) in [5, 5.41) is 10.7. The van der Waals surface area contributed by atoms with Crippen molar-refractivity contribution in [1.29, 1.82) is 0 Å². The van der Waals surface area contributed by atoms with E-state index in [9.17, 15) is 18.9 Å². The molecule has 0 saturated heterocycles. The lowest BCUT2D eigenvalue weighted by molar-refractivity contribution is -0.388. The van der Waals surface area contributed by atoms with Crippen LogP contribution >= 0.6 is 0 Å². The lowest BCUT2D eigenvalue weighted by atomic mass is 9.96. The Labute approximate surface area is 109 Å². The van der Waals surface area contributed by atoms with Gasteiger partial charge in [-0.2, -0.15) is 4.39 Å². The summed E-state index contributed by atoms with van der Waals surface area (Å²) in [6.07, 6.45) is 1.16. The number of hydrogen-bond acceptors (Lipinski definition) is 4. The predicted molar refractivity (Wildman–Crippen MR) is 66.0 cm³/mol. The zero-order chi connectivity index (χ0) is 14.6. The van der Waals surface area contributed by atoms with Crippen LogP contribution in [0.25, 0.3) is 0 Å². The smallest absolute Gasteiger partial charge is 0.346 e. The first-order chi connectivity index (χ1) is 8.83. The summed E-state index contributed by atoms with van der Waals surface area (Å²) in [5.41, 5.74) is 4.40. The van der Waals surface area contributed by atoms with Crippen LogP contribution in [0.3, 0.4) is 0 Å². The number of hydrogen-bond donors (Lipinski definition) is 1. The topological polar surface area (TPSA) is 78.4 Å². The second-order valence-electron chi connectivity index (χ2n) is 4.35. The van der Waals surface area contributed by atoms with Gasteiger partial charge < -0.3 is 10.5 Å². The van der Waals surface area contributed by atoms with Crippen molar-refractivity contribution in [2.75, 3.05) is 6.61 Å². The number of nitrogens with two attached hydrogens (primary N) is 1. The monoisotopic (exact) mass is 274 g/mol. The van der Waals surface area contributed by atoms with Crippen LogP contribution in [0.15, 0.2) is 12.1 Å². The van der Waals surface area contributed by atoms with Gasteiger partial charge in [0.1, 0.15) is 12.4 Å². The summed E-state index contributed by atoms with van der Waals surface area (Å²) >= 11 is 0. The van der Waals surface area contributed by atoms with Crippen molar-refractivity contribution in [3.8, 4) is 5.75 Å². The van der Waals surface area contributed by atoms with Gasteiger partial charge in [0.15, 0.2) is 0 Å². The van der Waals surface area contributed by atoms with Gasteiger partial charge in [-0.25, -0.2) is 4.39 Å². The fraction of sp³-hybridized carbons (Fsp3) is 0.500. The zero-order valence-electron chi connectivity index (χ0n) is 10.8. The SMILES string of the molecule is CCC(N)(CC)COc1cc(F)cc(F)c1[N+](=O)[O-]. The van der Waals surface area contributed by atoms with E-state index >= 15 is 0 Å². The van der Waals surface area contributed by atoms with E-state index in [2.05, 4.69) is 0 Å². The maximum atomic E-state index is 13.4. The number of nitro benzene ring substituents is 1. The van der Waals surface area contributed by atoms with Gasteiger partial charge >= 0.3 is 5.69 Å². The van der Waals surface area contributed by atoms with Gasteiger partial charge in [0.2, 0.25) is 11.6 Å². The van der Waals surface area contributed by atoms with Crippen molar-refractivity contribution in [2.24, 2.45) is 5.73 Å². The van der Waals surface area contributed by atoms with Gasteiger partial charge in [-0.15, -0.1) is 0 Å². The Morgan fingerprint density at radius 2 is 1.95 bits per heavy atom. The molecule has 106 valence electrons. The molecule has 0 heterocycles. The highest BCUT2D eigenvalue weighted by Crippen LogP contribution is 2.31. The average Bonchev–Trinajstić information content (AvgIpc) is 2.34. The van der Waals surface area contributed by atoms with E-state index in [4.69, 9.17) is 10.5 Å². The van der Waals surface area contributed by atoms with Gasteiger partial charge in [-0.3, -0.25) is 10.1 Å². The van der Waals surface area contributed by atoms with Gasteiger partial charge in [-0.1, -0.05) is 13.8 Å². The standard InChI is InChI=1S/C12H16F2N2O3/c1-3-12(15,4-2)7-19-10-6-8(13)5-9(14)11(10)16(17)18/h5-6H,3-4,7,15H2,1-2H3. The van der Waals surface area contributed by atoms with Crippen LogP contribution in [0, 0.1) is 21.7 Å². The second kappa shape index (κ2) is 5.92. The number of benzene rings is 1. The van der Waals surface area contributed by atoms with E-state index in [-0.39, 0.29) is 6.61 Å². The van der Waals surface area contributed by atoms with E-state index in [1.165, 1.54) is 0 Å². The summed E-state index contributed by atoms with van der Waals surface area (Å²) in [6.45, 7) is 3.63. The maximum Gasteiger partial charge on any atom is 0.346 e. The normalized spacial score (nSPS) is 11.4. The number of ether oxygens (including phenoxy) is 1. The first-order valence-corrected chi connectivity index (χ1v) is 5.88. The molecule has 1 aromatic carbocycles. The van der Waals surface area contributed by atoms with Crippen molar-refractivity contribution in [2.45, 2.75) is 32.2 Å². The first-order valence-electron chi connectivity index (χ1n) is 5.88. The molecule has 0 unspecified atom stereocenters. The van der Waals surface area contributed by atoms with Crippen LogP contribution < -0.4 is 10.5 Å². The molecule has 19 heavy (non-hydrogen) atoms. The van der Waals surface area contributed by atoms with Crippen molar-refractivity contribution >= 4 is 5.69 Å². The lowest BCUT2D eigenvalue weighted by Crippen LogP contribution is -2.44. The molecule has 0 fully saturated rings. The molecule has 7 heteroatoms. The maximum absolute atomic E-state index is 13.4. The zero-order valence-corrected chi connectivity index (χ0v) is 10.8. The third kappa shape index (κ3) is 3.60. The van der Waals surface area contributed by atoms with Crippen molar-refractivity contribution in [3.05, 3.63) is 33.9 Å². The highest BCUT2D eigenvalue weighted by Gasteiger charge is 2.27. The van der Waals surface area contributed by atoms with Gasteiger partial charge in [0.25, 0.3) is 0 Å². The van der Waals surface area contributed by atoms with Crippen LogP contribution in [0.5, 0.6) is 5.75 Å². The fourth-order valence-corrected chi connectivity index (χ4v) is 1.51. The molecule has 0 aromatic heterocycles. The van der Waals surface area contributed by atoms with Gasteiger partial charge in [0.05, 0.1) is 4.92 Å². The molecular weight excluding hydrogens is 258 g/mol. The molecule has 5 nitrogen and oxygen atoms in total. The molecule has 0 amide bonds. The van der Waals surface area contributed by atoms with Crippen LogP contribution in [-0.2, 0) is 0 Å². The summed E-state index contributed by atoms with van der Waals surface area (Å²) in [6, 6.07) is 1.23. The number of rotatable bonds is 6. The predicted octanol–water partition coefficient (Wildman–Crippen LogP) is 2.77. The van der Waals surface area contributed by atoms with Crippen LogP contribution in [-0.4, -0.2) is 17.1 Å². The van der Waals surface area contributed by atoms with Crippen molar-refractivity contribution in [3.63, 3.8) is 0 Å². The van der Waals surface area contributed by atoms with Crippen LogP contribution in [0.1, 0.15) is 26.7 Å². The van der Waals surface area contributed by atoms with Crippen molar-refractivity contribution in [1.82, 2.24) is 0 Å². The molecule has 0 atom stereocenters. The lowest BCUT2D eigenvalue weighted by Gasteiger charge is -2.26. The van der Waals surface area contributed by atoms with Crippen LogP contribution in [0.4, 0.5) is 14.5 Å². The number of nitrogens with zero attached hydrogens (tertiary/aromatic N) is 1. The van der Waals surface area contributed by atoms with E-state index in [0.717, 1.165) is 6.07 Å². The van der Waals surface area contributed by atoms with Gasteiger partial charge in [0, 0.05) is 17.7 Å². The molecule has 0 saturated carbocycles.